The van der Waals surface area contributed by atoms with E-state index in [1.165, 1.54) is 12.3 Å². The van der Waals surface area contributed by atoms with E-state index in [9.17, 15) is 9.59 Å². The summed E-state index contributed by atoms with van der Waals surface area (Å²) in [7, 11) is 0. The van der Waals surface area contributed by atoms with Gasteiger partial charge < -0.3 is 13.9 Å². The molecule has 0 saturated heterocycles. The first kappa shape index (κ1) is 22.3. The van der Waals surface area contributed by atoms with Crippen LogP contribution in [0.2, 0.25) is 0 Å². The summed E-state index contributed by atoms with van der Waals surface area (Å²) in [5.74, 6) is 0.378. The molecule has 0 aliphatic rings. The lowest BCUT2D eigenvalue weighted by Gasteiger charge is -2.09. The molecule has 178 valence electrons. The van der Waals surface area contributed by atoms with Crippen molar-refractivity contribution in [2.45, 2.75) is 0 Å². The molecule has 0 N–H and O–H groups in total. The normalized spacial score (nSPS) is 10.9. The number of carbonyl (C=O) groups is 1. The lowest BCUT2D eigenvalue weighted by atomic mass is 10.0. The van der Waals surface area contributed by atoms with Crippen molar-refractivity contribution in [1.82, 2.24) is 0 Å². The molecule has 0 saturated carbocycles. The average molecular weight is 485 g/mol. The number of hydrogen-bond acceptors (Lipinski definition) is 5. The highest BCUT2D eigenvalue weighted by molar-refractivity contribution is 6.05. The van der Waals surface area contributed by atoms with E-state index in [0.717, 1.165) is 21.9 Å². The quantitative estimate of drug-likeness (QED) is 0.186. The Hall–Kier alpha value is -5.16. The van der Waals surface area contributed by atoms with Crippen molar-refractivity contribution in [1.29, 1.82) is 0 Å². The fourth-order valence-electron chi connectivity index (χ4n) is 4.26. The molecule has 5 heteroatoms. The zero-order chi connectivity index (χ0) is 25.2. The lowest BCUT2D eigenvalue weighted by molar-refractivity contribution is 0.0737. The molecule has 0 bridgehead atoms. The summed E-state index contributed by atoms with van der Waals surface area (Å²) in [6.07, 6.45) is 1.27. The van der Waals surface area contributed by atoms with Gasteiger partial charge in [0.2, 0.25) is 11.2 Å². The molecule has 0 spiro atoms. The number of ether oxygens (including phenoxy) is 2. The fourth-order valence-corrected chi connectivity index (χ4v) is 4.26. The van der Waals surface area contributed by atoms with Gasteiger partial charge in [-0.3, -0.25) is 4.79 Å². The lowest BCUT2D eigenvalue weighted by Crippen LogP contribution is -2.09. The molecule has 37 heavy (non-hydrogen) atoms. The minimum Gasteiger partial charge on any atom is -0.460 e. The molecular formula is C32H20O5. The molecule has 0 aliphatic carbocycles. The topological polar surface area (TPSA) is 65.7 Å². The Balaban J connectivity index is 1.23. The first-order chi connectivity index (χ1) is 18.2. The molecule has 1 aromatic heterocycles. The van der Waals surface area contributed by atoms with Crippen molar-refractivity contribution in [3.63, 3.8) is 0 Å². The molecule has 5 nitrogen and oxygen atoms in total. The van der Waals surface area contributed by atoms with Gasteiger partial charge in [-0.1, -0.05) is 78.9 Å². The second-order valence-electron chi connectivity index (χ2n) is 8.50. The van der Waals surface area contributed by atoms with E-state index in [1.54, 1.807) is 18.2 Å². The first-order valence-electron chi connectivity index (χ1n) is 11.7. The highest BCUT2D eigenvalue weighted by atomic mass is 16.5. The van der Waals surface area contributed by atoms with Gasteiger partial charge in [-0.2, -0.15) is 0 Å². The van der Waals surface area contributed by atoms with Crippen molar-refractivity contribution >= 4 is 27.7 Å². The first-order valence-corrected chi connectivity index (χ1v) is 11.7. The number of rotatable bonds is 5. The van der Waals surface area contributed by atoms with E-state index >= 15 is 0 Å². The number of fused-ring (bicyclic) bond motifs is 2. The predicted molar refractivity (Wildman–Crippen MR) is 143 cm³/mol. The van der Waals surface area contributed by atoms with E-state index in [-0.39, 0.29) is 16.9 Å². The minimum atomic E-state index is -0.489. The monoisotopic (exact) mass is 484 g/mol. The van der Waals surface area contributed by atoms with Crippen molar-refractivity contribution in [2.75, 3.05) is 0 Å². The summed E-state index contributed by atoms with van der Waals surface area (Å²) in [5.41, 5.74) is 2.57. The summed E-state index contributed by atoms with van der Waals surface area (Å²) < 4.78 is 17.1. The third-order valence-corrected chi connectivity index (χ3v) is 6.12. The Morgan fingerprint density at radius 2 is 1.35 bits per heavy atom. The van der Waals surface area contributed by atoms with Crippen LogP contribution >= 0.6 is 0 Å². The van der Waals surface area contributed by atoms with Gasteiger partial charge in [-0.25, -0.2) is 4.79 Å². The number of carbonyl (C=O) groups excluding carboxylic acids is 1. The van der Waals surface area contributed by atoms with Gasteiger partial charge in [0, 0.05) is 6.07 Å². The molecule has 6 rings (SSSR count). The Morgan fingerprint density at radius 1 is 0.649 bits per heavy atom. The summed E-state index contributed by atoms with van der Waals surface area (Å²) in [4.78, 5) is 25.9. The van der Waals surface area contributed by atoms with E-state index in [2.05, 4.69) is 0 Å². The van der Waals surface area contributed by atoms with Crippen LogP contribution in [-0.2, 0) is 0 Å². The summed E-state index contributed by atoms with van der Waals surface area (Å²) in [6, 6.07) is 35.2. The molecule has 5 aromatic carbocycles. The largest absolute Gasteiger partial charge is 0.460 e. The van der Waals surface area contributed by atoms with Gasteiger partial charge in [0.15, 0.2) is 0 Å². The zero-order valence-corrected chi connectivity index (χ0v) is 19.6. The van der Waals surface area contributed by atoms with E-state index in [0.29, 0.717) is 22.3 Å². The van der Waals surface area contributed by atoms with Crippen LogP contribution in [0.4, 0.5) is 0 Å². The van der Waals surface area contributed by atoms with E-state index in [4.69, 9.17) is 13.9 Å². The summed E-state index contributed by atoms with van der Waals surface area (Å²) in [6.45, 7) is 0. The van der Waals surface area contributed by atoms with Gasteiger partial charge in [0.05, 0.1) is 10.9 Å². The minimum absolute atomic E-state index is 0.0699. The fraction of sp³-hybridized carbons (Fsp3) is 0. The maximum atomic E-state index is 13.0. The van der Waals surface area contributed by atoms with Crippen LogP contribution in [-0.4, -0.2) is 5.97 Å². The van der Waals surface area contributed by atoms with Gasteiger partial charge in [-0.05, 0) is 52.2 Å². The molecule has 6 aromatic rings. The van der Waals surface area contributed by atoms with Crippen molar-refractivity contribution in [3.8, 4) is 28.4 Å². The van der Waals surface area contributed by atoms with E-state index in [1.807, 2.05) is 91.0 Å². The maximum absolute atomic E-state index is 13.0. The van der Waals surface area contributed by atoms with Crippen molar-refractivity contribution in [2.24, 2.45) is 0 Å². The third kappa shape index (κ3) is 4.46. The van der Waals surface area contributed by atoms with Gasteiger partial charge >= 0.3 is 5.97 Å². The van der Waals surface area contributed by atoms with Crippen molar-refractivity contribution in [3.05, 3.63) is 137 Å². The average Bonchev–Trinajstić information content (AvgIpc) is 2.95. The third-order valence-electron chi connectivity index (χ3n) is 6.12. The molecule has 1 heterocycles. The van der Waals surface area contributed by atoms with Crippen LogP contribution < -0.4 is 14.9 Å². The summed E-state index contributed by atoms with van der Waals surface area (Å²) in [5, 5.41) is 2.08. The zero-order valence-electron chi connectivity index (χ0n) is 19.6. The number of hydrogen-bond donors (Lipinski definition) is 0. The molecule has 0 atom stereocenters. The standard InChI is InChI=1S/C32H20O5/c33-31-28-18-17-25(37-32(34)27-12-6-10-23-9-4-5-11-26(23)27)19-29(28)35-20-30(31)36-24-15-13-22(14-16-24)21-7-2-1-3-8-21/h1-20H. The predicted octanol–water partition coefficient (Wildman–Crippen LogP) is 7.62. The molecule has 0 fully saturated rings. The van der Waals surface area contributed by atoms with Crippen LogP contribution in [0.1, 0.15) is 10.4 Å². The van der Waals surface area contributed by atoms with Crippen LogP contribution in [0.15, 0.2) is 131 Å². The Kier molecular flexibility index (Phi) is 5.71. The Labute approximate surface area is 212 Å². The number of benzene rings is 5. The summed E-state index contributed by atoms with van der Waals surface area (Å²) >= 11 is 0. The second-order valence-corrected chi connectivity index (χ2v) is 8.50. The smallest absolute Gasteiger partial charge is 0.344 e. The van der Waals surface area contributed by atoms with Crippen molar-refractivity contribution < 1.29 is 18.7 Å². The van der Waals surface area contributed by atoms with Gasteiger partial charge in [0.25, 0.3) is 0 Å². The van der Waals surface area contributed by atoms with Crippen LogP contribution in [0.25, 0.3) is 32.9 Å². The maximum Gasteiger partial charge on any atom is 0.344 e. The van der Waals surface area contributed by atoms with Gasteiger partial charge in [0.1, 0.15) is 23.3 Å². The van der Waals surface area contributed by atoms with Gasteiger partial charge in [-0.15, -0.1) is 0 Å². The Morgan fingerprint density at radius 3 is 2.19 bits per heavy atom. The molecule has 0 radical (unpaired) electrons. The van der Waals surface area contributed by atoms with Crippen LogP contribution in [0.3, 0.4) is 0 Å². The SMILES string of the molecule is O=C(Oc1ccc2c(=O)c(Oc3ccc(-c4ccccc4)cc3)coc2c1)c1cccc2ccccc12. The Bertz CT molecular complexity index is 1800. The van der Waals surface area contributed by atoms with Crippen LogP contribution in [0, 0.1) is 0 Å². The number of esters is 1. The highest BCUT2D eigenvalue weighted by Gasteiger charge is 2.15. The highest BCUT2D eigenvalue weighted by Crippen LogP contribution is 2.27. The molecule has 0 aliphatic heterocycles. The molecular weight excluding hydrogens is 464 g/mol. The molecule has 0 amide bonds. The second kappa shape index (κ2) is 9.47. The van der Waals surface area contributed by atoms with Crippen LogP contribution in [0.5, 0.6) is 17.2 Å². The van der Waals surface area contributed by atoms with E-state index < -0.39 is 5.97 Å². The molecule has 0 unspecified atom stereocenters.